The molecule has 15 heavy (non-hydrogen) atoms. The van der Waals surface area contributed by atoms with Crippen LogP contribution in [0.1, 0.15) is 32.6 Å². The van der Waals surface area contributed by atoms with Crippen molar-refractivity contribution in [3.8, 4) is 0 Å². The van der Waals surface area contributed by atoms with E-state index < -0.39 is 10.0 Å². The average Bonchev–Trinajstić information content (AvgIpc) is 2.14. The van der Waals surface area contributed by atoms with Crippen molar-refractivity contribution in [1.29, 1.82) is 0 Å². The summed E-state index contributed by atoms with van der Waals surface area (Å²) in [6.07, 6.45) is 4.64. The second-order valence-electron chi connectivity index (χ2n) is 4.45. The van der Waals surface area contributed by atoms with E-state index in [2.05, 4.69) is 17.0 Å². The molecule has 0 saturated heterocycles. The van der Waals surface area contributed by atoms with Gasteiger partial charge in [-0.2, -0.15) is 0 Å². The minimum absolute atomic E-state index is 0.170. The molecule has 5 heteroatoms. The standard InChI is InChI=1S/C10H22N2O2S/c1-3-10(5-4-6-10)9-12-15(13,14)8-7-11-2/h11-12H,3-9H2,1-2H3. The first-order chi connectivity index (χ1) is 7.04. The highest BCUT2D eigenvalue weighted by Gasteiger charge is 2.35. The SMILES string of the molecule is CCC1(CNS(=O)(=O)CCNC)CCC1. The van der Waals surface area contributed by atoms with Crippen LogP contribution < -0.4 is 10.0 Å². The van der Waals surface area contributed by atoms with Crippen LogP contribution in [0.4, 0.5) is 0 Å². The summed E-state index contributed by atoms with van der Waals surface area (Å²) in [5.74, 6) is 0.170. The van der Waals surface area contributed by atoms with Gasteiger partial charge in [-0.3, -0.25) is 0 Å². The summed E-state index contributed by atoms with van der Waals surface area (Å²) in [5, 5.41) is 2.84. The Kier molecular flexibility index (Phi) is 4.55. The average molecular weight is 234 g/mol. The van der Waals surface area contributed by atoms with Gasteiger partial charge in [-0.15, -0.1) is 0 Å². The van der Waals surface area contributed by atoms with Crippen molar-refractivity contribution >= 4 is 10.0 Å². The van der Waals surface area contributed by atoms with Crippen molar-refractivity contribution in [3.63, 3.8) is 0 Å². The van der Waals surface area contributed by atoms with Crippen LogP contribution in [0.25, 0.3) is 0 Å². The molecule has 0 radical (unpaired) electrons. The first kappa shape index (κ1) is 12.9. The fourth-order valence-electron chi connectivity index (χ4n) is 1.90. The highest BCUT2D eigenvalue weighted by molar-refractivity contribution is 7.89. The first-order valence-electron chi connectivity index (χ1n) is 5.65. The fourth-order valence-corrected chi connectivity index (χ4v) is 3.05. The maximum absolute atomic E-state index is 11.5. The van der Waals surface area contributed by atoms with Gasteiger partial charge in [0.05, 0.1) is 5.75 Å². The topological polar surface area (TPSA) is 58.2 Å². The van der Waals surface area contributed by atoms with Crippen LogP contribution in [0.3, 0.4) is 0 Å². The van der Waals surface area contributed by atoms with E-state index in [1.165, 1.54) is 6.42 Å². The molecule has 1 rings (SSSR count). The van der Waals surface area contributed by atoms with Gasteiger partial charge in [0.25, 0.3) is 0 Å². The van der Waals surface area contributed by atoms with Gasteiger partial charge < -0.3 is 5.32 Å². The molecular formula is C10H22N2O2S. The van der Waals surface area contributed by atoms with Gasteiger partial charge in [-0.25, -0.2) is 13.1 Å². The summed E-state index contributed by atoms with van der Waals surface area (Å²) in [4.78, 5) is 0. The van der Waals surface area contributed by atoms with Gasteiger partial charge in [-0.05, 0) is 31.7 Å². The molecule has 1 aliphatic rings. The molecule has 0 unspecified atom stereocenters. The molecule has 4 nitrogen and oxygen atoms in total. The van der Waals surface area contributed by atoms with Crippen LogP contribution in [0, 0.1) is 5.41 Å². The Labute approximate surface area is 92.9 Å². The third kappa shape index (κ3) is 3.74. The highest BCUT2D eigenvalue weighted by Crippen LogP contribution is 2.43. The van der Waals surface area contributed by atoms with Crippen molar-refractivity contribution in [3.05, 3.63) is 0 Å². The zero-order valence-electron chi connectivity index (χ0n) is 9.67. The van der Waals surface area contributed by atoms with Crippen molar-refractivity contribution in [1.82, 2.24) is 10.0 Å². The molecule has 0 aromatic rings. The predicted octanol–water partition coefficient (Wildman–Crippen LogP) is 0.706. The third-order valence-electron chi connectivity index (χ3n) is 3.45. The molecule has 0 aliphatic heterocycles. The summed E-state index contributed by atoms with van der Waals surface area (Å²) in [7, 11) is -1.32. The van der Waals surface area contributed by atoms with Crippen molar-refractivity contribution in [2.75, 3.05) is 25.9 Å². The molecular weight excluding hydrogens is 212 g/mol. The van der Waals surface area contributed by atoms with E-state index in [0.717, 1.165) is 19.3 Å². The largest absolute Gasteiger partial charge is 0.319 e. The molecule has 0 atom stereocenters. The van der Waals surface area contributed by atoms with E-state index in [9.17, 15) is 8.42 Å². The van der Waals surface area contributed by atoms with E-state index in [1.54, 1.807) is 7.05 Å². The molecule has 0 heterocycles. The van der Waals surface area contributed by atoms with Gasteiger partial charge in [0, 0.05) is 13.1 Å². The van der Waals surface area contributed by atoms with Crippen LogP contribution in [0.15, 0.2) is 0 Å². The lowest BCUT2D eigenvalue weighted by Gasteiger charge is -2.41. The molecule has 0 amide bonds. The molecule has 0 aromatic carbocycles. The summed E-state index contributed by atoms with van der Waals surface area (Å²) in [6, 6.07) is 0. The zero-order chi connectivity index (χ0) is 11.4. The van der Waals surface area contributed by atoms with Gasteiger partial charge in [-0.1, -0.05) is 13.3 Å². The van der Waals surface area contributed by atoms with Crippen LogP contribution in [-0.2, 0) is 10.0 Å². The predicted molar refractivity (Wildman–Crippen MR) is 62.3 cm³/mol. The van der Waals surface area contributed by atoms with Gasteiger partial charge in [0.15, 0.2) is 0 Å². The maximum Gasteiger partial charge on any atom is 0.212 e. The van der Waals surface area contributed by atoms with Crippen LogP contribution in [0.2, 0.25) is 0 Å². The molecule has 90 valence electrons. The summed E-state index contributed by atoms with van der Waals surface area (Å²) in [5.41, 5.74) is 0.257. The van der Waals surface area contributed by atoms with E-state index >= 15 is 0 Å². The van der Waals surface area contributed by atoms with Gasteiger partial charge in [0.1, 0.15) is 0 Å². The second-order valence-corrected chi connectivity index (χ2v) is 6.38. The summed E-state index contributed by atoms with van der Waals surface area (Å²) < 4.78 is 25.8. The zero-order valence-corrected chi connectivity index (χ0v) is 10.5. The maximum atomic E-state index is 11.5. The Morgan fingerprint density at radius 1 is 1.33 bits per heavy atom. The molecule has 1 aliphatic carbocycles. The summed E-state index contributed by atoms with van der Waals surface area (Å²) in [6.45, 7) is 3.27. The number of rotatable bonds is 7. The smallest absolute Gasteiger partial charge is 0.212 e. The van der Waals surface area contributed by atoms with E-state index in [0.29, 0.717) is 13.1 Å². The Hall–Kier alpha value is -0.130. The monoisotopic (exact) mass is 234 g/mol. The number of hydrogen-bond donors (Lipinski definition) is 2. The first-order valence-corrected chi connectivity index (χ1v) is 7.31. The van der Waals surface area contributed by atoms with Crippen molar-refractivity contribution in [2.24, 2.45) is 5.41 Å². The quantitative estimate of drug-likeness (QED) is 0.682. The number of nitrogens with one attached hydrogen (secondary N) is 2. The Bertz CT molecular complexity index is 278. The minimum atomic E-state index is -3.08. The Balaban J connectivity index is 2.35. The molecule has 2 N–H and O–H groups in total. The Morgan fingerprint density at radius 3 is 2.40 bits per heavy atom. The summed E-state index contributed by atoms with van der Waals surface area (Å²) >= 11 is 0. The number of sulfonamides is 1. The fraction of sp³-hybridized carbons (Fsp3) is 1.00. The van der Waals surface area contributed by atoms with Crippen molar-refractivity contribution < 1.29 is 8.42 Å². The second kappa shape index (κ2) is 5.27. The van der Waals surface area contributed by atoms with Crippen LogP contribution in [-0.4, -0.2) is 34.3 Å². The molecule has 0 bridgehead atoms. The third-order valence-corrected chi connectivity index (χ3v) is 4.78. The van der Waals surface area contributed by atoms with Crippen molar-refractivity contribution in [2.45, 2.75) is 32.6 Å². The van der Waals surface area contributed by atoms with Crippen LogP contribution >= 0.6 is 0 Å². The molecule has 1 saturated carbocycles. The van der Waals surface area contributed by atoms with E-state index in [-0.39, 0.29) is 11.2 Å². The van der Waals surface area contributed by atoms with Gasteiger partial charge >= 0.3 is 0 Å². The minimum Gasteiger partial charge on any atom is -0.319 e. The highest BCUT2D eigenvalue weighted by atomic mass is 32.2. The molecule has 0 spiro atoms. The van der Waals surface area contributed by atoms with Crippen LogP contribution in [0.5, 0.6) is 0 Å². The lowest BCUT2D eigenvalue weighted by atomic mass is 9.67. The lowest BCUT2D eigenvalue weighted by molar-refractivity contribution is 0.133. The Morgan fingerprint density at radius 2 is 2.00 bits per heavy atom. The number of hydrogen-bond acceptors (Lipinski definition) is 3. The van der Waals surface area contributed by atoms with Gasteiger partial charge in [0.2, 0.25) is 10.0 Å². The molecule has 1 fully saturated rings. The molecule has 0 aromatic heterocycles. The normalized spacial score (nSPS) is 19.9. The van der Waals surface area contributed by atoms with E-state index in [1.807, 2.05) is 0 Å². The lowest BCUT2D eigenvalue weighted by Crippen LogP contribution is -2.43. The van der Waals surface area contributed by atoms with E-state index in [4.69, 9.17) is 0 Å².